The Kier molecular flexibility index (Phi) is 6.74. The van der Waals surface area contributed by atoms with E-state index in [1.807, 2.05) is 30.5 Å². The van der Waals surface area contributed by atoms with E-state index in [2.05, 4.69) is 62.8 Å². The molecule has 0 bridgehead atoms. The standard InChI is InChI=1S/C21H22BrN3OS/c1-3-15-6-5-7-16(4-2)20(15)25-13-12-23-21(25)27-14-19(26)24-18-10-8-17(22)9-11-18/h5-13H,3-4,14H2,1-2H3,(H,24,26). The molecule has 1 aromatic heterocycles. The van der Waals surface area contributed by atoms with Crippen molar-refractivity contribution < 1.29 is 4.79 Å². The van der Waals surface area contributed by atoms with Crippen LogP contribution in [0.5, 0.6) is 0 Å². The number of aryl methyl sites for hydroxylation is 2. The lowest BCUT2D eigenvalue weighted by molar-refractivity contribution is -0.113. The van der Waals surface area contributed by atoms with E-state index in [4.69, 9.17) is 0 Å². The maximum absolute atomic E-state index is 12.3. The van der Waals surface area contributed by atoms with Gasteiger partial charge in [0, 0.05) is 22.6 Å². The molecule has 4 nitrogen and oxygen atoms in total. The molecule has 3 rings (SSSR count). The molecule has 0 atom stereocenters. The van der Waals surface area contributed by atoms with Crippen LogP contribution in [-0.2, 0) is 17.6 Å². The number of imidazole rings is 1. The molecule has 0 unspecified atom stereocenters. The van der Waals surface area contributed by atoms with Crippen LogP contribution in [0.25, 0.3) is 5.69 Å². The summed E-state index contributed by atoms with van der Waals surface area (Å²) >= 11 is 4.84. The molecule has 27 heavy (non-hydrogen) atoms. The molecule has 0 fully saturated rings. The van der Waals surface area contributed by atoms with E-state index < -0.39 is 0 Å². The highest BCUT2D eigenvalue weighted by Crippen LogP contribution is 2.27. The van der Waals surface area contributed by atoms with Crippen LogP contribution in [-0.4, -0.2) is 21.2 Å². The van der Waals surface area contributed by atoms with E-state index in [-0.39, 0.29) is 5.91 Å². The van der Waals surface area contributed by atoms with Gasteiger partial charge < -0.3 is 5.32 Å². The first-order chi connectivity index (χ1) is 13.1. The number of benzene rings is 2. The summed E-state index contributed by atoms with van der Waals surface area (Å²) in [6, 6.07) is 14.0. The van der Waals surface area contributed by atoms with E-state index in [1.165, 1.54) is 28.6 Å². The smallest absolute Gasteiger partial charge is 0.234 e. The van der Waals surface area contributed by atoms with Crippen molar-refractivity contribution in [1.82, 2.24) is 9.55 Å². The summed E-state index contributed by atoms with van der Waals surface area (Å²) in [5.74, 6) is 0.263. The van der Waals surface area contributed by atoms with E-state index in [0.717, 1.165) is 28.2 Å². The van der Waals surface area contributed by atoms with Gasteiger partial charge in [-0.3, -0.25) is 9.36 Å². The lowest BCUT2D eigenvalue weighted by Gasteiger charge is -2.16. The number of carbonyl (C=O) groups is 1. The number of nitrogens with one attached hydrogen (secondary N) is 1. The van der Waals surface area contributed by atoms with Crippen LogP contribution in [0, 0.1) is 0 Å². The number of hydrogen-bond acceptors (Lipinski definition) is 3. The molecule has 3 aromatic rings. The number of hydrogen-bond donors (Lipinski definition) is 1. The van der Waals surface area contributed by atoms with Gasteiger partial charge in [-0.1, -0.05) is 59.7 Å². The second-order valence-corrected chi connectivity index (χ2v) is 7.91. The van der Waals surface area contributed by atoms with Gasteiger partial charge in [-0.2, -0.15) is 0 Å². The van der Waals surface area contributed by atoms with Crippen molar-refractivity contribution in [3.05, 3.63) is 70.5 Å². The molecule has 0 aliphatic heterocycles. The van der Waals surface area contributed by atoms with Gasteiger partial charge in [-0.15, -0.1) is 0 Å². The molecule has 140 valence electrons. The monoisotopic (exact) mass is 443 g/mol. The Hall–Kier alpha value is -2.05. The van der Waals surface area contributed by atoms with Crippen LogP contribution < -0.4 is 5.32 Å². The van der Waals surface area contributed by atoms with Gasteiger partial charge in [0.2, 0.25) is 5.91 Å². The highest BCUT2D eigenvalue weighted by atomic mass is 79.9. The maximum atomic E-state index is 12.3. The molecule has 1 N–H and O–H groups in total. The number of para-hydroxylation sites is 1. The number of nitrogens with zero attached hydrogens (tertiary/aromatic N) is 2. The Labute approximate surface area is 172 Å². The fraction of sp³-hybridized carbons (Fsp3) is 0.238. The van der Waals surface area contributed by atoms with E-state index in [0.29, 0.717) is 5.75 Å². The van der Waals surface area contributed by atoms with Crippen molar-refractivity contribution >= 4 is 39.3 Å². The number of aromatic nitrogens is 2. The number of amides is 1. The minimum absolute atomic E-state index is 0.0450. The minimum atomic E-state index is -0.0450. The predicted molar refractivity (Wildman–Crippen MR) is 116 cm³/mol. The van der Waals surface area contributed by atoms with Crippen LogP contribution in [0.4, 0.5) is 5.69 Å². The summed E-state index contributed by atoms with van der Waals surface area (Å²) in [5.41, 5.74) is 4.55. The zero-order chi connectivity index (χ0) is 19.2. The highest BCUT2D eigenvalue weighted by Gasteiger charge is 2.14. The molecule has 1 amide bonds. The molecular formula is C21H22BrN3OS. The predicted octanol–water partition coefficient (Wildman–Crippen LogP) is 5.49. The lowest BCUT2D eigenvalue weighted by atomic mass is 10.0. The van der Waals surface area contributed by atoms with Crippen LogP contribution >= 0.6 is 27.7 Å². The Bertz CT molecular complexity index is 899. The molecule has 0 aliphatic rings. The summed E-state index contributed by atoms with van der Waals surface area (Å²) in [5, 5.41) is 3.75. The van der Waals surface area contributed by atoms with Crippen molar-refractivity contribution in [3.8, 4) is 5.69 Å². The van der Waals surface area contributed by atoms with Crippen molar-refractivity contribution in [3.63, 3.8) is 0 Å². The molecule has 0 radical (unpaired) electrons. The van der Waals surface area contributed by atoms with Crippen molar-refractivity contribution in [2.24, 2.45) is 0 Å². The second kappa shape index (κ2) is 9.24. The zero-order valence-corrected chi connectivity index (χ0v) is 17.8. The average Bonchev–Trinajstić information content (AvgIpc) is 3.15. The molecular weight excluding hydrogens is 422 g/mol. The third kappa shape index (κ3) is 4.82. The quantitative estimate of drug-likeness (QED) is 0.490. The van der Waals surface area contributed by atoms with Gasteiger partial charge in [0.05, 0.1) is 11.4 Å². The molecule has 0 saturated heterocycles. The van der Waals surface area contributed by atoms with Crippen LogP contribution in [0.3, 0.4) is 0 Å². The Balaban J connectivity index is 1.74. The molecule has 1 heterocycles. The van der Waals surface area contributed by atoms with Crippen molar-refractivity contribution in [1.29, 1.82) is 0 Å². The minimum Gasteiger partial charge on any atom is -0.325 e. The summed E-state index contributed by atoms with van der Waals surface area (Å²) in [6.07, 6.45) is 5.68. The van der Waals surface area contributed by atoms with Crippen molar-refractivity contribution in [2.45, 2.75) is 31.8 Å². The second-order valence-electron chi connectivity index (χ2n) is 6.06. The Morgan fingerprint density at radius 2 is 1.78 bits per heavy atom. The number of thioether (sulfide) groups is 1. The van der Waals surface area contributed by atoms with Gasteiger partial charge in [0.15, 0.2) is 5.16 Å². The Morgan fingerprint density at radius 3 is 2.41 bits per heavy atom. The fourth-order valence-electron chi connectivity index (χ4n) is 2.95. The summed E-state index contributed by atoms with van der Waals surface area (Å²) in [4.78, 5) is 16.8. The third-order valence-corrected chi connectivity index (χ3v) is 5.77. The highest BCUT2D eigenvalue weighted by molar-refractivity contribution is 9.10. The molecule has 0 spiro atoms. The van der Waals surface area contributed by atoms with Gasteiger partial charge >= 0.3 is 0 Å². The van der Waals surface area contributed by atoms with Gasteiger partial charge in [0.1, 0.15) is 0 Å². The topological polar surface area (TPSA) is 46.9 Å². The van der Waals surface area contributed by atoms with Gasteiger partial charge in [-0.25, -0.2) is 4.98 Å². The Morgan fingerprint density at radius 1 is 1.11 bits per heavy atom. The first-order valence-corrected chi connectivity index (χ1v) is 10.7. The first-order valence-electron chi connectivity index (χ1n) is 8.95. The first kappa shape index (κ1) is 19.7. The van der Waals surface area contributed by atoms with Crippen LogP contribution in [0.1, 0.15) is 25.0 Å². The SMILES string of the molecule is CCc1cccc(CC)c1-n1ccnc1SCC(=O)Nc1ccc(Br)cc1. The largest absolute Gasteiger partial charge is 0.325 e. The fourth-order valence-corrected chi connectivity index (χ4v) is 3.97. The molecule has 2 aromatic carbocycles. The van der Waals surface area contributed by atoms with Crippen molar-refractivity contribution in [2.75, 3.05) is 11.1 Å². The average molecular weight is 444 g/mol. The van der Waals surface area contributed by atoms with E-state index >= 15 is 0 Å². The molecule has 0 saturated carbocycles. The number of carbonyl (C=O) groups excluding carboxylic acids is 1. The zero-order valence-electron chi connectivity index (χ0n) is 15.4. The number of anilines is 1. The van der Waals surface area contributed by atoms with Gasteiger partial charge in [0.25, 0.3) is 0 Å². The third-order valence-electron chi connectivity index (χ3n) is 4.27. The van der Waals surface area contributed by atoms with Crippen LogP contribution in [0.15, 0.2) is 64.5 Å². The summed E-state index contributed by atoms with van der Waals surface area (Å²) in [6.45, 7) is 4.32. The maximum Gasteiger partial charge on any atom is 0.234 e. The van der Waals surface area contributed by atoms with E-state index in [1.54, 1.807) is 6.20 Å². The lowest BCUT2D eigenvalue weighted by Crippen LogP contribution is -2.14. The van der Waals surface area contributed by atoms with E-state index in [9.17, 15) is 4.79 Å². The number of rotatable bonds is 7. The summed E-state index contributed by atoms with van der Waals surface area (Å²) in [7, 11) is 0. The van der Waals surface area contributed by atoms with Crippen LogP contribution in [0.2, 0.25) is 0 Å². The van der Waals surface area contributed by atoms with Gasteiger partial charge in [-0.05, 0) is 48.2 Å². The molecule has 0 aliphatic carbocycles. The molecule has 6 heteroatoms. The number of halogens is 1. The summed E-state index contributed by atoms with van der Waals surface area (Å²) < 4.78 is 3.09. The normalized spacial score (nSPS) is 10.8.